The zero-order valence-electron chi connectivity index (χ0n) is 18.4. The first-order valence-electron chi connectivity index (χ1n) is 10.1. The largest absolute Gasteiger partial charge is 0.480 e. The molecule has 0 bridgehead atoms. The van der Waals surface area contributed by atoms with Gasteiger partial charge in [0.2, 0.25) is 5.91 Å². The van der Waals surface area contributed by atoms with E-state index in [1.165, 1.54) is 0 Å². The molecular formula is C23H29N5O4. The minimum absolute atomic E-state index is 0.123. The number of carboxylic acids is 1. The molecule has 0 saturated heterocycles. The maximum absolute atomic E-state index is 12.5. The second-order valence-corrected chi connectivity index (χ2v) is 8.67. The van der Waals surface area contributed by atoms with Gasteiger partial charge in [-0.2, -0.15) is 0 Å². The van der Waals surface area contributed by atoms with Crippen molar-refractivity contribution in [2.75, 3.05) is 10.6 Å². The van der Waals surface area contributed by atoms with Gasteiger partial charge in [0.15, 0.2) is 5.96 Å². The van der Waals surface area contributed by atoms with Gasteiger partial charge in [-0.1, -0.05) is 39.0 Å². The van der Waals surface area contributed by atoms with Crippen molar-refractivity contribution in [2.45, 2.75) is 39.7 Å². The number of aliphatic carboxylic acids is 1. The molecule has 9 heteroatoms. The molecule has 0 aliphatic carbocycles. The monoisotopic (exact) mass is 439 g/mol. The SMILES string of the molecule is CC(C)(C)CC(=O)N[C@@H](Cc1ccc(NC(=O)c2cccc(NC(=N)N)c2)cc1)C(=O)O. The number of guanidine groups is 1. The number of benzene rings is 2. The van der Waals surface area contributed by atoms with Gasteiger partial charge in [0.25, 0.3) is 5.91 Å². The van der Waals surface area contributed by atoms with Crippen LogP contribution >= 0.6 is 0 Å². The van der Waals surface area contributed by atoms with E-state index in [9.17, 15) is 19.5 Å². The third-order valence-corrected chi connectivity index (χ3v) is 4.38. The highest BCUT2D eigenvalue weighted by Crippen LogP contribution is 2.19. The third kappa shape index (κ3) is 8.10. The number of carbonyl (C=O) groups is 3. The van der Waals surface area contributed by atoms with E-state index in [0.29, 0.717) is 22.5 Å². The van der Waals surface area contributed by atoms with Crippen molar-refractivity contribution in [3.05, 3.63) is 59.7 Å². The Morgan fingerprint density at radius 1 is 1.03 bits per heavy atom. The van der Waals surface area contributed by atoms with Crippen molar-refractivity contribution in [1.29, 1.82) is 5.41 Å². The molecule has 0 saturated carbocycles. The van der Waals surface area contributed by atoms with E-state index in [1.807, 2.05) is 20.8 Å². The summed E-state index contributed by atoms with van der Waals surface area (Å²) in [6, 6.07) is 12.3. The van der Waals surface area contributed by atoms with Crippen molar-refractivity contribution in [3.8, 4) is 0 Å². The first kappa shape index (κ1) is 24.4. The molecule has 0 radical (unpaired) electrons. The summed E-state index contributed by atoms with van der Waals surface area (Å²) in [5, 5.41) is 24.7. The van der Waals surface area contributed by atoms with Gasteiger partial charge in [-0.05, 0) is 41.3 Å². The number of rotatable bonds is 8. The maximum Gasteiger partial charge on any atom is 0.326 e. The molecule has 0 aliphatic rings. The van der Waals surface area contributed by atoms with Gasteiger partial charge in [-0.3, -0.25) is 15.0 Å². The van der Waals surface area contributed by atoms with E-state index in [4.69, 9.17) is 11.1 Å². The predicted molar refractivity (Wildman–Crippen MR) is 124 cm³/mol. The molecule has 170 valence electrons. The fraction of sp³-hybridized carbons (Fsp3) is 0.304. The Labute approximate surface area is 186 Å². The van der Waals surface area contributed by atoms with Crippen LogP contribution in [-0.2, 0) is 16.0 Å². The molecular weight excluding hydrogens is 410 g/mol. The summed E-state index contributed by atoms with van der Waals surface area (Å²) in [7, 11) is 0. The number of hydrogen-bond acceptors (Lipinski definition) is 4. The number of anilines is 2. The molecule has 0 aliphatic heterocycles. The molecule has 0 unspecified atom stereocenters. The van der Waals surface area contributed by atoms with E-state index >= 15 is 0 Å². The van der Waals surface area contributed by atoms with Crippen LogP contribution in [0.15, 0.2) is 48.5 Å². The van der Waals surface area contributed by atoms with Crippen molar-refractivity contribution in [1.82, 2.24) is 5.32 Å². The summed E-state index contributed by atoms with van der Waals surface area (Å²) in [4.78, 5) is 36.2. The van der Waals surface area contributed by atoms with Gasteiger partial charge in [0.05, 0.1) is 0 Å². The Morgan fingerprint density at radius 2 is 1.69 bits per heavy atom. The molecule has 32 heavy (non-hydrogen) atoms. The van der Waals surface area contributed by atoms with E-state index in [0.717, 1.165) is 0 Å². The standard InChI is InChI=1S/C23H29N5O4/c1-23(2,3)13-19(29)28-18(21(31)32)11-14-7-9-16(10-8-14)26-20(30)15-5-4-6-17(12-15)27-22(24)25/h4-10,12,18H,11,13H2,1-3H3,(H,26,30)(H,28,29)(H,31,32)(H4,24,25,27)/t18-/m0/s1. The Morgan fingerprint density at radius 3 is 2.25 bits per heavy atom. The smallest absolute Gasteiger partial charge is 0.326 e. The molecule has 9 nitrogen and oxygen atoms in total. The molecule has 0 heterocycles. The summed E-state index contributed by atoms with van der Waals surface area (Å²) >= 11 is 0. The topological polar surface area (TPSA) is 157 Å². The predicted octanol–water partition coefficient (Wildman–Crippen LogP) is 2.79. The van der Waals surface area contributed by atoms with Gasteiger partial charge < -0.3 is 26.8 Å². The summed E-state index contributed by atoms with van der Waals surface area (Å²) < 4.78 is 0. The number of hydrogen-bond donors (Lipinski definition) is 6. The number of nitrogens with two attached hydrogens (primary N) is 1. The first-order chi connectivity index (χ1) is 14.9. The Kier molecular flexibility index (Phi) is 7.95. The fourth-order valence-electron chi connectivity index (χ4n) is 2.98. The fourth-order valence-corrected chi connectivity index (χ4v) is 2.98. The second-order valence-electron chi connectivity index (χ2n) is 8.67. The average molecular weight is 440 g/mol. The van der Waals surface area contributed by atoms with Crippen LogP contribution in [0.2, 0.25) is 0 Å². The van der Waals surface area contributed by atoms with Gasteiger partial charge in [-0.15, -0.1) is 0 Å². The lowest BCUT2D eigenvalue weighted by Crippen LogP contribution is -2.43. The lowest BCUT2D eigenvalue weighted by atomic mass is 9.91. The van der Waals surface area contributed by atoms with Crippen molar-refractivity contribution in [2.24, 2.45) is 11.1 Å². The van der Waals surface area contributed by atoms with Crippen LogP contribution < -0.4 is 21.7 Å². The summed E-state index contributed by atoms with van der Waals surface area (Å²) in [6.07, 6.45) is 0.350. The zero-order chi connectivity index (χ0) is 23.9. The molecule has 2 amide bonds. The lowest BCUT2D eigenvalue weighted by Gasteiger charge is -2.20. The summed E-state index contributed by atoms with van der Waals surface area (Å²) in [5.41, 5.74) is 7.21. The maximum atomic E-state index is 12.5. The van der Waals surface area contributed by atoms with Crippen LogP contribution in [0, 0.1) is 10.8 Å². The third-order valence-electron chi connectivity index (χ3n) is 4.38. The molecule has 2 aromatic rings. The normalized spacial score (nSPS) is 11.8. The number of amides is 2. The summed E-state index contributed by atoms with van der Waals surface area (Å²) in [5.74, 6) is -1.99. The van der Waals surface area contributed by atoms with Crippen molar-refractivity contribution >= 4 is 35.1 Å². The van der Waals surface area contributed by atoms with Gasteiger partial charge in [0.1, 0.15) is 6.04 Å². The number of carbonyl (C=O) groups excluding carboxylic acids is 2. The van der Waals surface area contributed by atoms with Crippen molar-refractivity contribution in [3.63, 3.8) is 0 Å². The van der Waals surface area contributed by atoms with Gasteiger partial charge in [-0.25, -0.2) is 4.79 Å². The minimum Gasteiger partial charge on any atom is -0.480 e. The van der Waals surface area contributed by atoms with Crippen molar-refractivity contribution < 1.29 is 19.5 Å². The Bertz CT molecular complexity index is 996. The molecule has 1 atom stereocenters. The minimum atomic E-state index is -1.11. The second kappa shape index (κ2) is 10.4. The quantitative estimate of drug-likeness (QED) is 0.274. The van der Waals surface area contributed by atoms with E-state index in [1.54, 1.807) is 48.5 Å². The van der Waals surface area contributed by atoms with Crippen LogP contribution in [0.3, 0.4) is 0 Å². The molecule has 7 N–H and O–H groups in total. The summed E-state index contributed by atoms with van der Waals surface area (Å²) in [6.45, 7) is 5.72. The van der Waals surface area contributed by atoms with Crippen LogP contribution in [-0.4, -0.2) is 34.9 Å². The highest BCUT2D eigenvalue weighted by molar-refractivity contribution is 6.05. The van der Waals surface area contributed by atoms with E-state index in [2.05, 4.69) is 16.0 Å². The molecule has 0 aromatic heterocycles. The van der Waals surface area contributed by atoms with Crippen LogP contribution in [0.1, 0.15) is 43.1 Å². The van der Waals surface area contributed by atoms with Crippen LogP contribution in [0.25, 0.3) is 0 Å². The Balaban J connectivity index is 2.01. The van der Waals surface area contributed by atoms with E-state index in [-0.39, 0.29) is 36.0 Å². The highest BCUT2D eigenvalue weighted by atomic mass is 16.4. The van der Waals surface area contributed by atoms with Gasteiger partial charge >= 0.3 is 5.97 Å². The first-order valence-corrected chi connectivity index (χ1v) is 10.1. The number of carboxylic acid groups (broad SMARTS) is 1. The van der Waals surface area contributed by atoms with Crippen LogP contribution in [0.4, 0.5) is 11.4 Å². The molecule has 2 aromatic carbocycles. The Hall–Kier alpha value is -3.88. The zero-order valence-corrected chi connectivity index (χ0v) is 18.4. The highest BCUT2D eigenvalue weighted by Gasteiger charge is 2.23. The number of nitrogens with one attached hydrogen (secondary N) is 4. The molecule has 0 fully saturated rings. The van der Waals surface area contributed by atoms with E-state index < -0.39 is 12.0 Å². The lowest BCUT2D eigenvalue weighted by molar-refractivity contribution is -0.142. The molecule has 2 rings (SSSR count). The average Bonchev–Trinajstić information content (AvgIpc) is 2.67. The van der Waals surface area contributed by atoms with Crippen LogP contribution in [0.5, 0.6) is 0 Å². The molecule has 0 spiro atoms. The van der Waals surface area contributed by atoms with Gasteiger partial charge in [0, 0.05) is 29.8 Å².